The van der Waals surface area contributed by atoms with Crippen LogP contribution in [0.25, 0.3) is 0 Å². The third-order valence-corrected chi connectivity index (χ3v) is 2.14. The fraction of sp³-hybridized carbons (Fsp3) is 0.571. The quantitative estimate of drug-likeness (QED) is 0.600. The van der Waals surface area contributed by atoms with Gasteiger partial charge in [0.05, 0.1) is 13.2 Å². The molecule has 1 aromatic carbocycles. The first kappa shape index (κ1) is 14.8. The van der Waals surface area contributed by atoms with Gasteiger partial charge in [0.2, 0.25) is 0 Å². The number of ether oxygens (including phenoxy) is 4. The molecule has 4 nitrogen and oxygen atoms in total. The number of benzene rings is 1. The highest BCUT2D eigenvalue weighted by molar-refractivity contribution is 5.32. The van der Waals surface area contributed by atoms with E-state index < -0.39 is 0 Å². The normalized spacial score (nSPS) is 10.3. The van der Waals surface area contributed by atoms with Crippen molar-refractivity contribution in [1.82, 2.24) is 0 Å². The molecule has 0 aliphatic rings. The maximum Gasteiger partial charge on any atom is 0.123 e. The van der Waals surface area contributed by atoms with Gasteiger partial charge in [-0.2, -0.15) is 0 Å². The molecule has 0 heterocycles. The Kier molecular flexibility index (Phi) is 8.01. The lowest BCUT2D eigenvalue weighted by molar-refractivity contribution is 0.107. The molecule has 0 aliphatic heterocycles. The van der Waals surface area contributed by atoms with E-state index in [9.17, 15) is 0 Å². The summed E-state index contributed by atoms with van der Waals surface area (Å²) in [6, 6.07) is 8.38. The van der Waals surface area contributed by atoms with E-state index in [1.165, 1.54) is 0 Å². The first-order chi connectivity index (χ1) is 8.86. The van der Waals surface area contributed by atoms with Gasteiger partial charge in [0.15, 0.2) is 0 Å². The fourth-order valence-electron chi connectivity index (χ4n) is 1.32. The van der Waals surface area contributed by atoms with Gasteiger partial charge in [-0.15, -0.1) is 0 Å². The molecule has 0 bridgehead atoms. The first-order valence-corrected chi connectivity index (χ1v) is 6.29. The topological polar surface area (TPSA) is 36.9 Å². The number of hydrogen-bond donors (Lipinski definition) is 0. The molecule has 0 atom stereocenters. The van der Waals surface area contributed by atoms with Crippen molar-refractivity contribution in [2.45, 2.75) is 13.8 Å². The summed E-state index contributed by atoms with van der Waals surface area (Å²) in [5.74, 6) is 1.48. The smallest absolute Gasteiger partial charge is 0.123 e. The highest BCUT2D eigenvalue weighted by Gasteiger charge is 1.98. The van der Waals surface area contributed by atoms with Gasteiger partial charge >= 0.3 is 0 Å². The van der Waals surface area contributed by atoms with Crippen LogP contribution >= 0.6 is 0 Å². The summed E-state index contributed by atoms with van der Waals surface area (Å²) in [5, 5.41) is 0. The Hall–Kier alpha value is -1.26. The molecular weight excluding hydrogens is 232 g/mol. The fourth-order valence-corrected chi connectivity index (χ4v) is 1.32. The molecule has 18 heavy (non-hydrogen) atoms. The Labute approximate surface area is 109 Å². The van der Waals surface area contributed by atoms with Gasteiger partial charge < -0.3 is 18.9 Å². The van der Waals surface area contributed by atoms with Gasteiger partial charge in [-0.1, -0.05) is 0 Å². The average molecular weight is 253 g/mol. The van der Waals surface area contributed by atoms with Crippen LogP contribution in [0.1, 0.15) is 13.8 Å². The molecule has 0 aliphatic carbocycles. The lowest BCUT2D eigenvalue weighted by Crippen LogP contribution is -2.07. The molecule has 0 unspecified atom stereocenters. The summed E-state index contributed by atoms with van der Waals surface area (Å²) in [4.78, 5) is 0. The van der Waals surface area contributed by atoms with Crippen LogP contribution in [0.15, 0.2) is 18.2 Å². The zero-order chi connectivity index (χ0) is 13.1. The van der Waals surface area contributed by atoms with E-state index in [-0.39, 0.29) is 0 Å². The molecule has 0 N–H and O–H groups in total. The van der Waals surface area contributed by atoms with Crippen LogP contribution in [0.2, 0.25) is 0 Å². The minimum Gasteiger partial charge on any atom is -0.491 e. The third-order valence-electron chi connectivity index (χ3n) is 2.14. The molecule has 0 aromatic heterocycles. The van der Waals surface area contributed by atoms with Crippen LogP contribution in [0.5, 0.6) is 11.5 Å². The van der Waals surface area contributed by atoms with E-state index in [1.54, 1.807) is 12.1 Å². The number of hydrogen-bond acceptors (Lipinski definition) is 4. The Morgan fingerprint density at radius 1 is 0.833 bits per heavy atom. The molecular formula is C14H21O4. The summed E-state index contributed by atoms with van der Waals surface area (Å²) in [6.07, 6.45) is 0. The summed E-state index contributed by atoms with van der Waals surface area (Å²) in [7, 11) is 0. The monoisotopic (exact) mass is 253 g/mol. The van der Waals surface area contributed by atoms with Gasteiger partial charge in [-0.25, -0.2) is 0 Å². The highest BCUT2D eigenvalue weighted by Crippen LogP contribution is 2.18. The third kappa shape index (κ3) is 6.47. The van der Waals surface area contributed by atoms with Gasteiger partial charge in [0.25, 0.3) is 0 Å². The lowest BCUT2D eigenvalue weighted by atomic mass is 10.3. The Morgan fingerprint density at radius 2 is 1.33 bits per heavy atom. The van der Waals surface area contributed by atoms with Crippen molar-refractivity contribution >= 4 is 0 Å². The van der Waals surface area contributed by atoms with E-state index in [4.69, 9.17) is 18.9 Å². The summed E-state index contributed by atoms with van der Waals surface area (Å²) in [5.41, 5.74) is 0. The number of rotatable bonds is 10. The molecule has 1 rings (SSSR count). The van der Waals surface area contributed by atoms with Crippen molar-refractivity contribution in [2.24, 2.45) is 0 Å². The van der Waals surface area contributed by atoms with Crippen molar-refractivity contribution in [3.8, 4) is 11.5 Å². The van der Waals surface area contributed by atoms with Crippen LogP contribution in [-0.2, 0) is 9.47 Å². The zero-order valence-corrected chi connectivity index (χ0v) is 11.1. The van der Waals surface area contributed by atoms with Crippen LogP contribution in [-0.4, -0.2) is 39.6 Å². The van der Waals surface area contributed by atoms with Crippen molar-refractivity contribution in [1.29, 1.82) is 0 Å². The Balaban J connectivity index is 2.27. The summed E-state index contributed by atoms with van der Waals surface area (Å²) >= 11 is 0. The van der Waals surface area contributed by atoms with Crippen molar-refractivity contribution in [3.05, 3.63) is 24.3 Å². The highest BCUT2D eigenvalue weighted by atomic mass is 16.5. The second-order valence-corrected chi connectivity index (χ2v) is 3.50. The molecule has 0 fully saturated rings. The van der Waals surface area contributed by atoms with Gasteiger partial charge in [0.1, 0.15) is 24.7 Å². The maximum absolute atomic E-state index is 5.51. The maximum atomic E-state index is 5.51. The van der Waals surface area contributed by atoms with Crippen LogP contribution < -0.4 is 9.47 Å². The van der Waals surface area contributed by atoms with E-state index >= 15 is 0 Å². The van der Waals surface area contributed by atoms with Crippen molar-refractivity contribution < 1.29 is 18.9 Å². The molecule has 101 valence electrons. The predicted molar refractivity (Wildman–Crippen MR) is 69.3 cm³/mol. The average Bonchev–Trinajstić information content (AvgIpc) is 2.40. The van der Waals surface area contributed by atoms with E-state index in [2.05, 4.69) is 6.07 Å². The SMILES string of the molecule is CCOCCOc1c[c]cc(OCCOCC)c1. The van der Waals surface area contributed by atoms with E-state index in [1.807, 2.05) is 19.9 Å². The predicted octanol–water partition coefficient (Wildman–Crippen LogP) is 2.32. The Morgan fingerprint density at radius 3 is 1.78 bits per heavy atom. The van der Waals surface area contributed by atoms with Gasteiger partial charge in [-0.05, 0) is 32.0 Å². The molecule has 1 radical (unpaired) electrons. The van der Waals surface area contributed by atoms with Gasteiger partial charge in [0, 0.05) is 19.3 Å². The van der Waals surface area contributed by atoms with Gasteiger partial charge in [-0.3, -0.25) is 0 Å². The van der Waals surface area contributed by atoms with E-state index in [0.29, 0.717) is 39.6 Å². The zero-order valence-electron chi connectivity index (χ0n) is 11.1. The second kappa shape index (κ2) is 9.74. The van der Waals surface area contributed by atoms with Crippen molar-refractivity contribution in [2.75, 3.05) is 39.6 Å². The second-order valence-electron chi connectivity index (χ2n) is 3.50. The van der Waals surface area contributed by atoms with Crippen LogP contribution in [0, 0.1) is 6.07 Å². The minimum atomic E-state index is 0.532. The summed E-state index contributed by atoms with van der Waals surface area (Å²) < 4.78 is 21.4. The largest absolute Gasteiger partial charge is 0.491 e. The van der Waals surface area contributed by atoms with E-state index in [0.717, 1.165) is 11.5 Å². The lowest BCUT2D eigenvalue weighted by Gasteiger charge is -2.09. The van der Waals surface area contributed by atoms with Crippen molar-refractivity contribution in [3.63, 3.8) is 0 Å². The molecule has 0 saturated heterocycles. The standard InChI is InChI=1S/C14H21O4/c1-3-15-8-10-17-13-6-5-7-14(12-13)18-11-9-16-4-2/h6-7,12H,3-4,8-11H2,1-2H3. The molecule has 4 heteroatoms. The molecule has 0 spiro atoms. The molecule has 0 saturated carbocycles. The van der Waals surface area contributed by atoms with Crippen LogP contribution in [0.3, 0.4) is 0 Å². The first-order valence-electron chi connectivity index (χ1n) is 6.29. The van der Waals surface area contributed by atoms with Crippen LogP contribution in [0.4, 0.5) is 0 Å². The molecule has 0 amide bonds. The molecule has 1 aromatic rings. The summed E-state index contributed by atoms with van der Waals surface area (Å²) in [6.45, 7) is 7.57. The Bertz CT molecular complexity index is 287. The minimum absolute atomic E-state index is 0.532.